The maximum Gasteiger partial charge on any atom is 0.0569 e. The Morgan fingerprint density at radius 1 is 1.43 bits per heavy atom. The van der Waals surface area contributed by atoms with Gasteiger partial charge in [-0.15, -0.1) is 0 Å². The van der Waals surface area contributed by atoms with Crippen LogP contribution < -0.4 is 0 Å². The van der Waals surface area contributed by atoms with E-state index in [1.54, 1.807) is 0 Å². The molecule has 1 aliphatic heterocycles. The Morgan fingerprint density at radius 3 is 2.57 bits per heavy atom. The summed E-state index contributed by atoms with van der Waals surface area (Å²) in [5, 5.41) is 9.60. The molecule has 0 amide bonds. The first-order valence-corrected chi connectivity index (χ1v) is 5.49. The van der Waals surface area contributed by atoms with Crippen molar-refractivity contribution in [3.63, 3.8) is 0 Å². The number of likely N-dealkylation sites (tertiary alicyclic amines) is 1. The molecule has 14 heavy (non-hydrogen) atoms. The minimum Gasteiger partial charge on any atom is -0.393 e. The number of hydrogen-bond donors (Lipinski definition) is 1. The molecule has 1 N–H and O–H groups in total. The lowest BCUT2D eigenvalue weighted by atomic mass is 9.88. The Labute approximate surface area is 87.7 Å². The molecule has 84 valence electrons. The molecule has 3 heteroatoms. The summed E-state index contributed by atoms with van der Waals surface area (Å²) in [6, 6.07) is 0. The second-order valence-corrected chi connectivity index (χ2v) is 5.25. The third-order valence-corrected chi connectivity index (χ3v) is 3.14. The van der Waals surface area contributed by atoms with Crippen LogP contribution in [0.4, 0.5) is 0 Å². The molecule has 0 radical (unpaired) electrons. The van der Waals surface area contributed by atoms with Crippen molar-refractivity contribution in [2.75, 3.05) is 33.7 Å². The molecule has 3 nitrogen and oxygen atoms in total. The Kier molecular flexibility index (Phi) is 3.93. The van der Waals surface area contributed by atoms with Gasteiger partial charge in [0.2, 0.25) is 0 Å². The van der Waals surface area contributed by atoms with Crippen LogP contribution in [0, 0.1) is 0 Å². The van der Waals surface area contributed by atoms with E-state index in [0.717, 1.165) is 32.5 Å². The molecule has 0 aromatic carbocycles. The van der Waals surface area contributed by atoms with E-state index >= 15 is 0 Å². The summed E-state index contributed by atoms with van der Waals surface area (Å²) in [7, 11) is 4.21. The standard InChI is InChI=1S/C11H24N2O/c1-11(2)9-10(14)5-6-13(11)8-7-12(3)4/h10,14H,5-9H2,1-4H3. The minimum atomic E-state index is -0.0967. The molecule has 1 atom stereocenters. The average Bonchev–Trinajstić information content (AvgIpc) is 2.00. The fourth-order valence-corrected chi connectivity index (χ4v) is 2.15. The number of rotatable bonds is 3. The van der Waals surface area contributed by atoms with Crippen molar-refractivity contribution in [1.29, 1.82) is 0 Å². The molecule has 1 heterocycles. The van der Waals surface area contributed by atoms with Crippen LogP contribution in [-0.4, -0.2) is 60.3 Å². The molecule has 1 unspecified atom stereocenters. The van der Waals surface area contributed by atoms with Crippen LogP contribution in [0.2, 0.25) is 0 Å². The zero-order valence-electron chi connectivity index (χ0n) is 9.95. The Balaban J connectivity index is 2.43. The van der Waals surface area contributed by atoms with E-state index in [9.17, 15) is 5.11 Å². The first kappa shape index (κ1) is 12.0. The number of piperidine rings is 1. The van der Waals surface area contributed by atoms with Crippen LogP contribution in [0.15, 0.2) is 0 Å². The predicted octanol–water partition coefficient (Wildman–Crippen LogP) is 0.783. The summed E-state index contributed by atoms with van der Waals surface area (Å²) in [6.45, 7) is 7.68. The first-order chi connectivity index (χ1) is 6.42. The van der Waals surface area contributed by atoms with E-state index in [1.165, 1.54) is 0 Å². The van der Waals surface area contributed by atoms with Gasteiger partial charge in [-0.2, -0.15) is 0 Å². The zero-order chi connectivity index (χ0) is 10.8. The molecule has 1 saturated heterocycles. The molecule has 0 aromatic rings. The molecular formula is C11H24N2O. The van der Waals surface area contributed by atoms with Crippen molar-refractivity contribution in [2.24, 2.45) is 0 Å². The van der Waals surface area contributed by atoms with Crippen molar-refractivity contribution in [1.82, 2.24) is 9.80 Å². The number of nitrogens with zero attached hydrogens (tertiary/aromatic N) is 2. The van der Waals surface area contributed by atoms with E-state index in [-0.39, 0.29) is 11.6 Å². The molecule has 1 aliphatic rings. The zero-order valence-corrected chi connectivity index (χ0v) is 9.95. The van der Waals surface area contributed by atoms with Gasteiger partial charge in [0.15, 0.2) is 0 Å². The highest BCUT2D eigenvalue weighted by molar-refractivity contribution is 4.89. The van der Waals surface area contributed by atoms with E-state index in [2.05, 4.69) is 37.7 Å². The molecule has 0 aromatic heterocycles. The smallest absolute Gasteiger partial charge is 0.0569 e. The lowest BCUT2D eigenvalue weighted by molar-refractivity contribution is -0.00468. The predicted molar refractivity (Wildman–Crippen MR) is 59.4 cm³/mol. The molecule has 0 aliphatic carbocycles. The summed E-state index contributed by atoms with van der Waals surface area (Å²) in [4.78, 5) is 4.70. The van der Waals surface area contributed by atoms with Gasteiger partial charge in [-0.05, 0) is 40.8 Å². The van der Waals surface area contributed by atoms with Gasteiger partial charge in [-0.1, -0.05) is 0 Å². The second kappa shape index (κ2) is 4.60. The average molecular weight is 200 g/mol. The third-order valence-electron chi connectivity index (χ3n) is 3.14. The highest BCUT2D eigenvalue weighted by Crippen LogP contribution is 2.26. The largest absolute Gasteiger partial charge is 0.393 e. The van der Waals surface area contributed by atoms with Crippen molar-refractivity contribution in [2.45, 2.75) is 38.3 Å². The van der Waals surface area contributed by atoms with Crippen LogP contribution in [0.25, 0.3) is 0 Å². The number of aliphatic hydroxyl groups is 1. The quantitative estimate of drug-likeness (QED) is 0.729. The Bertz CT molecular complexity index is 180. The van der Waals surface area contributed by atoms with Gasteiger partial charge in [0.05, 0.1) is 6.10 Å². The Morgan fingerprint density at radius 2 is 2.07 bits per heavy atom. The van der Waals surface area contributed by atoms with Crippen LogP contribution in [-0.2, 0) is 0 Å². The number of likely N-dealkylation sites (N-methyl/N-ethyl adjacent to an activating group) is 1. The van der Waals surface area contributed by atoms with Crippen LogP contribution >= 0.6 is 0 Å². The van der Waals surface area contributed by atoms with Gasteiger partial charge in [0.1, 0.15) is 0 Å². The summed E-state index contributed by atoms with van der Waals surface area (Å²) in [6.07, 6.45) is 1.73. The van der Waals surface area contributed by atoms with E-state index in [0.29, 0.717) is 0 Å². The van der Waals surface area contributed by atoms with E-state index in [1.807, 2.05) is 0 Å². The van der Waals surface area contributed by atoms with Gasteiger partial charge in [0, 0.05) is 25.2 Å². The first-order valence-electron chi connectivity index (χ1n) is 5.49. The van der Waals surface area contributed by atoms with Gasteiger partial charge >= 0.3 is 0 Å². The summed E-state index contributed by atoms with van der Waals surface area (Å²) in [5.41, 5.74) is 0.160. The molecule has 0 saturated carbocycles. The molecule has 1 rings (SSSR count). The van der Waals surface area contributed by atoms with Crippen molar-refractivity contribution in [3.05, 3.63) is 0 Å². The summed E-state index contributed by atoms with van der Waals surface area (Å²) < 4.78 is 0. The van der Waals surface area contributed by atoms with Crippen molar-refractivity contribution < 1.29 is 5.11 Å². The molecule has 0 spiro atoms. The number of hydrogen-bond acceptors (Lipinski definition) is 3. The second-order valence-electron chi connectivity index (χ2n) is 5.25. The highest BCUT2D eigenvalue weighted by atomic mass is 16.3. The maximum absolute atomic E-state index is 9.60. The van der Waals surface area contributed by atoms with Gasteiger partial charge in [0.25, 0.3) is 0 Å². The monoisotopic (exact) mass is 200 g/mol. The molecular weight excluding hydrogens is 176 g/mol. The van der Waals surface area contributed by atoms with Gasteiger partial charge in [-0.25, -0.2) is 0 Å². The van der Waals surface area contributed by atoms with Crippen molar-refractivity contribution in [3.8, 4) is 0 Å². The SMILES string of the molecule is CN(C)CCN1CCC(O)CC1(C)C. The Hall–Kier alpha value is -0.120. The van der Waals surface area contributed by atoms with Crippen molar-refractivity contribution >= 4 is 0 Å². The lowest BCUT2D eigenvalue weighted by Crippen LogP contribution is -2.53. The summed E-state index contributed by atoms with van der Waals surface area (Å²) >= 11 is 0. The third kappa shape index (κ3) is 3.23. The topological polar surface area (TPSA) is 26.7 Å². The van der Waals surface area contributed by atoms with Crippen LogP contribution in [0.5, 0.6) is 0 Å². The minimum absolute atomic E-state index is 0.0967. The normalized spacial score (nSPS) is 28.3. The fraction of sp³-hybridized carbons (Fsp3) is 1.00. The lowest BCUT2D eigenvalue weighted by Gasteiger charge is -2.44. The van der Waals surface area contributed by atoms with Crippen LogP contribution in [0.3, 0.4) is 0 Å². The fourth-order valence-electron chi connectivity index (χ4n) is 2.15. The van der Waals surface area contributed by atoms with Crippen LogP contribution in [0.1, 0.15) is 26.7 Å². The maximum atomic E-state index is 9.60. The highest BCUT2D eigenvalue weighted by Gasteiger charge is 2.33. The van der Waals surface area contributed by atoms with Gasteiger partial charge in [-0.3, -0.25) is 4.90 Å². The van der Waals surface area contributed by atoms with E-state index < -0.39 is 0 Å². The molecule has 0 bridgehead atoms. The van der Waals surface area contributed by atoms with Gasteiger partial charge < -0.3 is 10.0 Å². The number of aliphatic hydroxyl groups excluding tert-OH is 1. The molecule has 1 fully saturated rings. The van der Waals surface area contributed by atoms with E-state index in [4.69, 9.17) is 0 Å². The summed E-state index contributed by atoms with van der Waals surface area (Å²) in [5.74, 6) is 0.